The summed E-state index contributed by atoms with van der Waals surface area (Å²) in [4.78, 5) is 27.7. The molecule has 178 valence electrons. The highest BCUT2D eigenvalue weighted by atomic mass is 32.2. The third-order valence-corrected chi connectivity index (χ3v) is 7.74. The van der Waals surface area contributed by atoms with Gasteiger partial charge in [-0.05, 0) is 76.3 Å². The van der Waals surface area contributed by atoms with Crippen LogP contribution >= 0.6 is 0 Å². The van der Waals surface area contributed by atoms with Gasteiger partial charge in [0.05, 0.1) is 4.90 Å². The zero-order valence-corrected chi connectivity index (χ0v) is 20.8. The van der Waals surface area contributed by atoms with Gasteiger partial charge in [-0.1, -0.05) is 30.7 Å². The van der Waals surface area contributed by atoms with Crippen molar-refractivity contribution in [3.8, 4) is 0 Å². The Labute approximate surface area is 196 Å². The Balaban J connectivity index is 1.82. The van der Waals surface area contributed by atoms with E-state index in [0.717, 1.165) is 18.4 Å². The fourth-order valence-corrected chi connectivity index (χ4v) is 5.91. The van der Waals surface area contributed by atoms with Gasteiger partial charge in [0, 0.05) is 23.8 Å². The van der Waals surface area contributed by atoms with Crippen molar-refractivity contribution in [1.82, 2.24) is 10.2 Å². The summed E-state index contributed by atoms with van der Waals surface area (Å²) in [6.07, 6.45) is 2.18. The Bertz CT molecular complexity index is 1140. The number of benzene rings is 2. The average molecular weight is 472 g/mol. The first-order chi connectivity index (χ1) is 15.5. The Morgan fingerprint density at radius 1 is 1.12 bits per heavy atom. The van der Waals surface area contributed by atoms with Crippen LogP contribution in [0.1, 0.15) is 60.2 Å². The Morgan fingerprint density at radius 3 is 2.42 bits per heavy atom. The lowest BCUT2D eigenvalue weighted by atomic mass is 10.1. The number of likely N-dealkylation sites (tertiary alicyclic amines) is 1. The number of anilines is 1. The SMILES string of the molecule is CCC(C)NC(=O)C1CCCN1C(=O)c1cccc(NS(=O)(=O)c2c(C)cc(C)cc2C)c1. The van der Waals surface area contributed by atoms with Crippen LogP contribution < -0.4 is 10.0 Å². The predicted octanol–water partition coefficient (Wildman–Crippen LogP) is 3.93. The molecule has 2 atom stereocenters. The molecule has 2 N–H and O–H groups in total. The van der Waals surface area contributed by atoms with Gasteiger partial charge in [-0.2, -0.15) is 0 Å². The number of amides is 2. The van der Waals surface area contributed by atoms with Gasteiger partial charge in [-0.25, -0.2) is 8.42 Å². The van der Waals surface area contributed by atoms with Crippen LogP contribution in [0.5, 0.6) is 0 Å². The molecular weight excluding hydrogens is 438 g/mol. The lowest BCUT2D eigenvalue weighted by Crippen LogP contribution is -2.48. The number of sulfonamides is 1. The quantitative estimate of drug-likeness (QED) is 0.640. The van der Waals surface area contributed by atoms with Gasteiger partial charge in [0.25, 0.3) is 15.9 Å². The molecule has 0 saturated carbocycles. The molecule has 0 radical (unpaired) electrons. The van der Waals surface area contributed by atoms with Crippen LogP contribution in [0.25, 0.3) is 0 Å². The molecule has 2 unspecified atom stereocenters. The van der Waals surface area contributed by atoms with E-state index in [-0.39, 0.29) is 22.8 Å². The molecule has 7 nitrogen and oxygen atoms in total. The van der Waals surface area contributed by atoms with Gasteiger partial charge < -0.3 is 10.2 Å². The first-order valence-electron chi connectivity index (χ1n) is 11.4. The third-order valence-electron chi connectivity index (χ3n) is 6.05. The van der Waals surface area contributed by atoms with Crippen molar-refractivity contribution < 1.29 is 18.0 Å². The second kappa shape index (κ2) is 9.95. The maximum Gasteiger partial charge on any atom is 0.262 e. The molecule has 0 aliphatic carbocycles. The molecule has 8 heteroatoms. The molecule has 1 aliphatic rings. The normalized spacial score (nSPS) is 17.0. The molecule has 33 heavy (non-hydrogen) atoms. The summed E-state index contributed by atoms with van der Waals surface area (Å²) in [6.45, 7) is 9.89. The number of hydrogen-bond donors (Lipinski definition) is 2. The number of carbonyl (C=O) groups excluding carboxylic acids is 2. The molecule has 2 amide bonds. The van der Waals surface area contributed by atoms with Crippen LogP contribution in [-0.4, -0.2) is 43.8 Å². The van der Waals surface area contributed by atoms with Crippen molar-refractivity contribution in [2.75, 3.05) is 11.3 Å². The number of carbonyl (C=O) groups is 2. The Morgan fingerprint density at radius 2 is 1.79 bits per heavy atom. The fraction of sp³-hybridized carbons (Fsp3) is 0.440. The topological polar surface area (TPSA) is 95.6 Å². The highest BCUT2D eigenvalue weighted by Crippen LogP contribution is 2.26. The van der Waals surface area contributed by atoms with Crippen molar-refractivity contribution in [3.63, 3.8) is 0 Å². The fourth-order valence-electron chi connectivity index (χ4n) is 4.40. The lowest BCUT2D eigenvalue weighted by molar-refractivity contribution is -0.125. The van der Waals surface area contributed by atoms with Gasteiger partial charge in [0.2, 0.25) is 5.91 Å². The molecule has 1 fully saturated rings. The van der Waals surface area contributed by atoms with Crippen LogP contribution in [-0.2, 0) is 14.8 Å². The van der Waals surface area contributed by atoms with E-state index in [1.807, 2.05) is 32.9 Å². The summed E-state index contributed by atoms with van der Waals surface area (Å²) < 4.78 is 28.8. The summed E-state index contributed by atoms with van der Waals surface area (Å²) in [5.74, 6) is -0.419. The Hall–Kier alpha value is -2.87. The minimum atomic E-state index is -3.83. The minimum absolute atomic E-state index is 0.0430. The van der Waals surface area contributed by atoms with Crippen LogP contribution in [0.3, 0.4) is 0 Å². The van der Waals surface area contributed by atoms with Gasteiger partial charge in [-0.3, -0.25) is 14.3 Å². The van der Waals surface area contributed by atoms with Crippen molar-refractivity contribution in [1.29, 1.82) is 0 Å². The number of nitrogens with zero attached hydrogens (tertiary/aromatic N) is 1. The number of rotatable bonds is 7. The van der Waals surface area contributed by atoms with Gasteiger partial charge in [0.1, 0.15) is 6.04 Å². The van der Waals surface area contributed by atoms with E-state index in [9.17, 15) is 18.0 Å². The number of aryl methyl sites for hydroxylation is 3. The Kier molecular flexibility index (Phi) is 7.47. The van der Waals surface area contributed by atoms with Crippen LogP contribution in [0, 0.1) is 20.8 Å². The van der Waals surface area contributed by atoms with Gasteiger partial charge in [-0.15, -0.1) is 0 Å². The first-order valence-corrected chi connectivity index (χ1v) is 12.8. The second-order valence-corrected chi connectivity index (χ2v) is 10.5. The summed E-state index contributed by atoms with van der Waals surface area (Å²) in [6, 6.07) is 9.63. The maximum absolute atomic E-state index is 13.2. The van der Waals surface area contributed by atoms with Crippen LogP contribution in [0.15, 0.2) is 41.3 Å². The van der Waals surface area contributed by atoms with E-state index in [2.05, 4.69) is 10.0 Å². The monoisotopic (exact) mass is 471 g/mol. The van der Waals surface area contributed by atoms with Crippen molar-refractivity contribution in [3.05, 3.63) is 58.7 Å². The predicted molar refractivity (Wildman–Crippen MR) is 130 cm³/mol. The largest absolute Gasteiger partial charge is 0.352 e. The van der Waals surface area contributed by atoms with Crippen molar-refractivity contribution in [2.24, 2.45) is 0 Å². The molecular formula is C25H33N3O4S. The number of nitrogens with one attached hydrogen (secondary N) is 2. The lowest BCUT2D eigenvalue weighted by Gasteiger charge is -2.25. The van der Waals surface area contributed by atoms with Crippen molar-refractivity contribution in [2.45, 2.75) is 70.9 Å². The molecule has 2 aromatic carbocycles. The number of hydrogen-bond acceptors (Lipinski definition) is 4. The molecule has 0 spiro atoms. The van der Waals surface area contributed by atoms with Gasteiger partial charge in [0.15, 0.2) is 0 Å². The van der Waals surface area contributed by atoms with E-state index in [1.54, 1.807) is 36.9 Å². The van der Waals surface area contributed by atoms with E-state index in [1.165, 1.54) is 6.07 Å². The molecule has 0 bridgehead atoms. The standard InChI is InChI=1S/C25H33N3O4S/c1-6-19(5)26-24(29)22-11-8-12-28(22)25(30)20-9-7-10-21(15-20)27-33(31,32)23-17(3)13-16(2)14-18(23)4/h7,9-10,13-15,19,22,27H,6,8,11-12H2,1-5H3,(H,26,29). The zero-order valence-electron chi connectivity index (χ0n) is 19.9. The zero-order chi connectivity index (χ0) is 24.3. The summed E-state index contributed by atoms with van der Waals surface area (Å²) in [5, 5.41) is 2.96. The maximum atomic E-state index is 13.2. The third kappa shape index (κ3) is 5.55. The van der Waals surface area contributed by atoms with Gasteiger partial charge >= 0.3 is 0 Å². The summed E-state index contributed by atoms with van der Waals surface area (Å²) in [7, 11) is -3.83. The minimum Gasteiger partial charge on any atom is -0.352 e. The van der Waals surface area contributed by atoms with E-state index in [4.69, 9.17) is 0 Å². The highest BCUT2D eigenvalue weighted by molar-refractivity contribution is 7.92. The molecule has 1 aliphatic heterocycles. The highest BCUT2D eigenvalue weighted by Gasteiger charge is 2.35. The molecule has 1 saturated heterocycles. The first kappa shape index (κ1) is 24.8. The smallest absolute Gasteiger partial charge is 0.262 e. The van der Waals surface area contributed by atoms with E-state index >= 15 is 0 Å². The average Bonchev–Trinajstić information content (AvgIpc) is 3.22. The molecule has 3 rings (SSSR count). The molecule has 2 aromatic rings. The summed E-state index contributed by atoms with van der Waals surface area (Å²) in [5.41, 5.74) is 2.98. The van der Waals surface area contributed by atoms with Crippen LogP contribution in [0.4, 0.5) is 5.69 Å². The molecule has 0 aromatic heterocycles. The molecule has 1 heterocycles. The van der Waals surface area contributed by atoms with Crippen molar-refractivity contribution >= 4 is 27.5 Å². The summed E-state index contributed by atoms with van der Waals surface area (Å²) >= 11 is 0. The van der Waals surface area contributed by atoms with Crippen LogP contribution in [0.2, 0.25) is 0 Å². The second-order valence-electron chi connectivity index (χ2n) is 8.89. The van der Waals surface area contributed by atoms with E-state index < -0.39 is 16.1 Å². The van der Waals surface area contributed by atoms with E-state index in [0.29, 0.717) is 35.3 Å².